The van der Waals surface area contributed by atoms with Crippen molar-refractivity contribution in [3.05, 3.63) is 95.0 Å². The molecule has 0 spiro atoms. The number of nitrogens with one attached hydrogen (secondary N) is 1. The Balaban J connectivity index is 1.65. The average Bonchev–Trinajstić information content (AvgIpc) is 2.71. The molecule has 3 aromatic rings. The highest BCUT2D eigenvalue weighted by atomic mass is 35.5. The summed E-state index contributed by atoms with van der Waals surface area (Å²) in [7, 11) is 0. The van der Waals surface area contributed by atoms with E-state index >= 15 is 0 Å². The van der Waals surface area contributed by atoms with E-state index in [2.05, 4.69) is 5.32 Å². The van der Waals surface area contributed by atoms with E-state index in [1.54, 1.807) is 48.5 Å². The van der Waals surface area contributed by atoms with Crippen molar-refractivity contribution in [2.75, 3.05) is 5.32 Å². The van der Waals surface area contributed by atoms with Crippen LogP contribution in [0.4, 0.5) is 5.69 Å². The molecule has 3 rings (SSSR count). The highest BCUT2D eigenvalue weighted by Gasteiger charge is 2.20. The lowest BCUT2D eigenvalue weighted by Crippen LogP contribution is -2.18. The van der Waals surface area contributed by atoms with Gasteiger partial charge in [-0.2, -0.15) is 0 Å². The molecule has 0 saturated carbocycles. The van der Waals surface area contributed by atoms with Crippen molar-refractivity contribution in [1.29, 1.82) is 0 Å². The number of hydrogen-bond acceptors (Lipinski definition) is 3. The molecule has 0 unspecified atom stereocenters. The van der Waals surface area contributed by atoms with Crippen molar-refractivity contribution < 1.29 is 14.3 Å². The second-order valence-corrected chi connectivity index (χ2v) is 6.66. The molecular weight excluding hydrogens is 374 g/mol. The van der Waals surface area contributed by atoms with Crippen LogP contribution in [-0.2, 0) is 4.79 Å². The lowest BCUT2D eigenvalue weighted by Gasteiger charge is -2.14. The van der Waals surface area contributed by atoms with Gasteiger partial charge in [0.2, 0.25) is 0 Å². The predicted octanol–water partition coefficient (Wildman–Crippen LogP) is 5.69. The Morgan fingerprint density at radius 2 is 1.57 bits per heavy atom. The maximum absolute atomic E-state index is 12.5. The Morgan fingerprint density at radius 1 is 0.929 bits per heavy atom. The van der Waals surface area contributed by atoms with Gasteiger partial charge >= 0.3 is 5.97 Å². The number of amides is 1. The number of halogens is 1. The van der Waals surface area contributed by atoms with Crippen LogP contribution in [0.1, 0.15) is 35.2 Å². The number of esters is 1. The standard InChI is InChI=1S/C23H20ClNO3/c1-2-19(16-8-4-3-5-9-16)23(27)28-18-14-12-17(13-15-18)25-22(26)20-10-6-7-11-21(20)24/h3-15,19H,2H2,1H3,(H,25,26)/t19-/m1/s1. The van der Waals surface area contributed by atoms with Crippen molar-refractivity contribution in [2.24, 2.45) is 0 Å². The number of carbonyl (C=O) groups excluding carboxylic acids is 2. The van der Waals surface area contributed by atoms with E-state index in [9.17, 15) is 9.59 Å². The first-order valence-electron chi connectivity index (χ1n) is 9.01. The van der Waals surface area contributed by atoms with Gasteiger partial charge in [0.15, 0.2) is 0 Å². The molecular formula is C23H20ClNO3. The lowest BCUT2D eigenvalue weighted by molar-refractivity contribution is -0.136. The monoisotopic (exact) mass is 393 g/mol. The molecule has 0 fully saturated rings. The van der Waals surface area contributed by atoms with Crippen molar-refractivity contribution in [3.8, 4) is 5.75 Å². The van der Waals surface area contributed by atoms with Gasteiger partial charge in [0.1, 0.15) is 5.75 Å². The molecule has 0 saturated heterocycles. The van der Waals surface area contributed by atoms with E-state index in [4.69, 9.17) is 16.3 Å². The van der Waals surface area contributed by atoms with Gasteiger partial charge in [0.25, 0.3) is 5.91 Å². The Labute approximate surface area is 169 Å². The SMILES string of the molecule is CC[C@@H](C(=O)Oc1ccc(NC(=O)c2ccccc2Cl)cc1)c1ccccc1. The summed E-state index contributed by atoms with van der Waals surface area (Å²) in [4.78, 5) is 24.8. The van der Waals surface area contributed by atoms with E-state index in [1.807, 2.05) is 37.3 Å². The maximum atomic E-state index is 12.5. The highest BCUT2D eigenvalue weighted by molar-refractivity contribution is 6.34. The molecule has 0 bridgehead atoms. The number of carbonyl (C=O) groups is 2. The van der Waals surface area contributed by atoms with Crippen LogP contribution in [0.5, 0.6) is 5.75 Å². The van der Waals surface area contributed by atoms with Crippen molar-refractivity contribution >= 4 is 29.2 Å². The molecule has 142 valence electrons. The zero-order chi connectivity index (χ0) is 19.9. The molecule has 0 heterocycles. The predicted molar refractivity (Wildman–Crippen MR) is 111 cm³/mol. The first-order valence-corrected chi connectivity index (χ1v) is 9.39. The molecule has 1 amide bonds. The van der Waals surface area contributed by atoms with Crippen molar-refractivity contribution in [1.82, 2.24) is 0 Å². The quantitative estimate of drug-likeness (QED) is 0.432. The Morgan fingerprint density at radius 3 is 2.21 bits per heavy atom. The normalized spacial score (nSPS) is 11.5. The summed E-state index contributed by atoms with van der Waals surface area (Å²) in [5.41, 5.74) is 1.91. The van der Waals surface area contributed by atoms with E-state index in [0.29, 0.717) is 28.4 Å². The van der Waals surface area contributed by atoms with E-state index in [1.165, 1.54) is 0 Å². The third-order valence-electron chi connectivity index (χ3n) is 4.34. The smallest absolute Gasteiger partial charge is 0.318 e. The molecule has 0 radical (unpaired) electrons. The minimum Gasteiger partial charge on any atom is -0.426 e. The Kier molecular flexibility index (Phi) is 6.45. The summed E-state index contributed by atoms with van der Waals surface area (Å²) in [6, 6.07) is 23.1. The van der Waals surface area contributed by atoms with Gasteiger partial charge in [-0.25, -0.2) is 0 Å². The van der Waals surface area contributed by atoms with Crippen LogP contribution in [-0.4, -0.2) is 11.9 Å². The van der Waals surface area contributed by atoms with Gasteiger partial charge < -0.3 is 10.1 Å². The molecule has 5 heteroatoms. The third-order valence-corrected chi connectivity index (χ3v) is 4.67. The number of anilines is 1. The van der Waals surface area contributed by atoms with Crippen LogP contribution >= 0.6 is 11.6 Å². The molecule has 0 aliphatic carbocycles. The summed E-state index contributed by atoms with van der Waals surface area (Å²) in [5, 5.41) is 3.16. The first-order chi connectivity index (χ1) is 13.6. The van der Waals surface area contributed by atoms with Crippen LogP contribution in [0.25, 0.3) is 0 Å². The molecule has 0 aliphatic rings. The van der Waals surface area contributed by atoms with Gasteiger partial charge in [0.05, 0.1) is 16.5 Å². The van der Waals surface area contributed by atoms with Gasteiger partial charge in [-0.15, -0.1) is 0 Å². The van der Waals surface area contributed by atoms with Crippen molar-refractivity contribution in [3.63, 3.8) is 0 Å². The molecule has 1 N–H and O–H groups in total. The minimum atomic E-state index is -0.319. The van der Waals surface area contributed by atoms with Crippen LogP contribution in [0.2, 0.25) is 5.02 Å². The second kappa shape index (κ2) is 9.20. The van der Waals surface area contributed by atoms with E-state index in [0.717, 1.165) is 5.56 Å². The molecule has 0 aromatic heterocycles. The summed E-state index contributed by atoms with van der Waals surface area (Å²) in [6.45, 7) is 1.95. The van der Waals surface area contributed by atoms with Crippen LogP contribution in [0.3, 0.4) is 0 Å². The van der Waals surface area contributed by atoms with Gasteiger partial charge in [0, 0.05) is 5.69 Å². The fraction of sp³-hybridized carbons (Fsp3) is 0.130. The van der Waals surface area contributed by atoms with E-state index in [-0.39, 0.29) is 17.8 Å². The molecule has 4 nitrogen and oxygen atoms in total. The van der Waals surface area contributed by atoms with E-state index < -0.39 is 0 Å². The topological polar surface area (TPSA) is 55.4 Å². The maximum Gasteiger partial charge on any atom is 0.318 e. The summed E-state index contributed by atoms with van der Waals surface area (Å²) < 4.78 is 5.51. The number of rotatable bonds is 6. The number of benzene rings is 3. The van der Waals surface area contributed by atoms with Crippen molar-refractivity contribution in [2.45, 2.75) is 19.3 Å². The molecule has 28 heavy (non-hydrogen) atoms. The highest BCUT2D eigenvalue weighted by Crippen LogP contribution is 2.24. The van der Waals surface area contributed by atoms with Gasteiger partial charge in [-0.1, -0.05) is 61.0 Å². The van der Waals surface area contributed by atoms with Crippen LogP contribution < -0.4 is 10.1 Å². The van der Waals surface area contributed by atoms with Gasteiger partial charge in [-0.3, -0.25) is 9.59 Å². The summed E-state index contributed by atoms with van der Waals surface area (Å²) in [5.74, 6) is -0.497. The van der Waals surface area contributed by atoms with Crippen LogP contribution in [0, 0.1) is 0 Å². The lowest BCUT2D eigenvalue weighted by atomic mass is 9.97. The van der Waals surface area contributed by atoms with Crippen LogP contribution in [0.15, 0.2) is 78.9 Å². The number of ether oxygens (including phenoxy) is 1. The first kappa shape index (κ1) is 19.6. The second-order valence-electron chi connectivity index (χ2n) is 6.25. The molecule has 1 atom stereocenters. The molecule has 0 aliphatic heterocycles. The average molecular weight is 394 g/mol. The minimum absolute atomic E-state index is 0.300. The largest absolute Gasteiger partial charge is 0.426 e. The fourth-order valence-electron chi connectivity index (χ4n) is 2.86. The fourth-order valence-corrected chi connectivity index (χ4v) is 3.08. The zero-order valence-corrected chi connectivity index (χ0v) is 16.1. The zero-order valence-electron chi connectivity index (χ0n) is 15.4. The summed E-state index contributed by atoms with van der Waals surface area (Å²) >= 11 is 6.04. The third kappa shape index (κ3) is 4.78. The Hall–Kier alpha value is -3.11. The summed E-state index contributed by atoms with van der Waals surface area (Å²) in [6.07, 6.45) is 0.648. The van der Waals surface area contributed by atoms with Gasteiger partial charge in [-0.05, 0) is 48.4 Å². The number of hydrogen-bond donors (Lipinski definition) is 1. The Bertz CT molecular complexity index is 955. The molecule has 3 aromatic carbocycles.